The molecule has 21 heavy (non-hydrogen) atoms. The van der Waals surface area contributed by atoms with Crippen LogP contribution in [-0.4, -0.2) is 34.0 Å². The summed E-state index contributed by atoms with van der Waals surface area (Å²) in [4.78, 5) is 18.2. The first-order chi connectivity index (χ1) is 10.2. The molecule has 2 N–H and O–H groups in total. The van der Waals surface area contributed by atoms with Crippen molar-refractivity contribution in [3.63, 3.8) is 0 Å². The molecule has 1 aromatic carbocycles. The standard InChI is InChI=1S/C14H15BrN6/c1-16-14-19-12-11(17-8-18-12)13(20-14)21(2)7-9-3-5-10(15)6-4-9/h3-6,8H,7H2,1-2H3,(H2,16,17,18,19,20). The van der Waals surface area contributed by atoms with Crippen molar-refractivity contribution in [2.24, 2.45) is 0 Å². The van der Waals surface area contributed by atoms with Crippen molar-refractivity contribution in [2.75, 3.05) is 24.3 Å². The molecule has 2 aromatic heterocycles. The zero-order valence-corrected chi connectivity index (χ0v) is 13.3. The maximum absolute atomic E-state index is 4.53. The smallest absolute Gasteiger partial charge is 0.226 e. The van der Waals surface area contributed by atoms with E-state index in [1.54, 1.807) is 13.4 Å². The average molecular weight is 347 g/mol. The van der Waals surface area contributed by atoms with Crippen LogP contribution in [0.2, 0.25) is 0 Å². The van der Waals surface area contributed by atoms with Crippen LogP contribution in [-0.2, 0) is 6.54 Å². The van der Waals surface area contributed by atoms with E-state index in [4.69, 9.17) is 0 Å². The van der Waals surface area contributed by atoms with Gasteiger partial charge in [0.25, 0.3) is 0 Å². The quantitative estimate of drug-likeness (QED) is 0.760. The Morgan fingerprint density at radius 1 is 1.24 bits per heavy atom. The van der Waals surface area contributed by atoms with Gasteiger partial charge in [-0.3, -0.25) is 0 Å². The number of halogens is 1. The van der Waals surface area contributed by atoms with E-state index >= 15 is 0 Å². The van der Waals surface area contributed by atoms with E-state index in [1.807, 2.05) is 19.2 Å². The number of aromatic amines is 1. The first-order valence-electron chi connectivity index (χ1n) is 6.52. The van der Waals surface area contributed by atoms with Crippen LogP contribution in [0.4, 0.5) is 11.8 Å². The predicted molar refractivity (Wildman–Crippen MR) is 87.5 cm³/mol. The van der Waals surface area contributed by atoms with Crippen LogP contribution in [0.1, 0.15) is 5.56 Å². The van der Waals surface area contributed by atoms with Crippen LogP contribution < -0.4 is 10.2 Å². The highest BCUT2D eigenvalue weighted by atomic mass is 79.9. The van der Waals surface area contributed by atoms with Gasteiger partial charge in [-0.15, -0.1) is 0 Å². The number of hydrogen-bond acceptors (Lipinski definition) is 5. The normalized spacial score (nSPS) is 10.8. The third-order valence-corrected chi connectivity index (χ3v) is 3.71. The molecule has 0 bridgehead atoms. The summed E-state index contributed by atoms with van der Waals surface area (Å²) in [5, 5.41) is 2.97. The first kappa shape index (κ1) is 13.8. The number of anilines is 2. The summed E-state index contributed by atoms with van der Waals surface area (Å²) in [5.41, 5.74) is 2.71. The number of nitrogens with zero attached hydrogens (tertiary/aromatic N) is 4. The van der Waals surface area contributed by atoms with Crippen molar-refractivity contribution >= 4 is 38.9 Å². The van der Waals surface area contributed by atoms with Crippen LogP contribution in [0.5, 0.6) is 0 Å². The van der Waals surface area contributed by atoms with Gasteiger partial charge in [0.15, 0.2) is 11.5 Å². The maximum Gasteiger partial charge on any atom is 0.226 e. The van der Waals surface area contributed by atoms with Crippen LogP contribution >= 0.6 is 15.9 Å². The maximum atomic E-state index is 4.53. The van der Waals surface area contributed by atoms with Gasteiger partial charge in [0.1, 0.15) is 5.52 Å². The molecule has 0 aliphatic heterocycles. The van der Waals surface area contributed by atoms with Crippen LogP contribution in [0.15, 0.2) is 35.1 Å². The number of hydrogen-bond donors (Lipinski definition) is 2. The molecule has 0 spiro atoms. The highest BCUT2D eigenvalue weighted by Gasteiger charge is 2.13. The zero-order valence-electron chi connectivity index (χ0n) is 11.8. The summed E-state index contributed by atoms with van der Waals surface area (Å²) >= 11 is 3.45. The molecule has 7 heteroatoms. The van der Waals surface area contributed by atoms with Gasteiger partial charge in [-0.1, -0.05) is 28.1 Å². The minimum absolute atomic E-state index is 0.562. The summed E-state index contributed by atoms with van der Waals surface area (Å²) in [6.45, 7) is 0.752. The van der Waals surface area contributed by atoms with Crippen molar-refractivity contribution < 1.29 is 0 Å². The molecule has 0 saturated carbocycles. The summed E-state index contributed by atoms with van der Waals surface area (Å²) < 4.78 is 1.07. The minimum atomic E-state index is 0.562. The van der Waals surface area contributed by atoms with Gasteiger partial charge in [0.2, 0.25) is 5.95 Å². The Bertz CT molecular complexity index is 752. The van der Waals surface area contributed by atoms with Gasteiger partial charge in [-0.25, -0.2) is 4.98 Å². The lowest BCUT2D eigenvalue weighted by Crippen LogP contribution is -2.19. The fraction of sp³-hybridized carbons (Fsp3) is 0.214. The molecule has 0 aliphatic rings. The molecule has 0 amide bonds. The Kier molecular flexibility index (Phi) is 3.74. The lowest BCUT2D eigenvalue weighted by Gasteiger charge is -2.19. The number of aromatic nitrogens is 4. The van der Waals surface area contributed by atoms with Crippen LogP contribution in [0.3, 0.4) is 0 Å². The van der Waals surface area contributed by atoms with Crippen molar-refractivity contribution in [3.05, 3.63) is 40.6 Å². The summed E-state index contributed by atoms with van der Waals surface area (Å²) in [6, 6.07) is 8.25. The highest BCUT2D eigenvalue weighted by Crippen LogP contribution is 2.23. The Labute approximate surface area is 130 Å². The van der Waals surface area contributed by atoms with Crippen molar-refractivity contribution in [1.82, 2.24) is 19.9 Å². The van der Waals surface area contributed by atoms with Gasteiger partial charge >= 0.3 is 0 Å². The third kappa shape index (κ3) is 2.82. The number of H-pyrrole nitrogens is 1. The van der Waals surface area contributed by atoms with Crippen molar-refractivity contribution in [3.8, 4) is 0 Å². The average Bonchev–Trinajstić information content (AvgIpc) is 2.96. The second kappa shape index (κ2) is 5.69. The SMILES string of the molecule is CNc1nc(N(C)Cc2ccc(Br)cc2)c2[nH]cnc2n1. The molecule has 0 atom stereocenters. The van der Waals surface area contributed by atoms with Gasteiger partial charge in [0.05, 0.1) is 6.33 Å². The molecule has 3 rings (SSSR count). The van der Waals surface area contributed by atoms with Crippen molar-refractivity contribution in [1.29, 1.82) is 0 Å². The number of rotatable bonds is 4. The number of nitrogens with one attached hydrogen (secondary N) is 2. The molecule has 108 valence electrons. The van der Waals surface area contributed by atoms with E-state index in [0.29, 0.717) is 11.6 Å². The molecular weight excluding hydrogens is 332 g/mol. The Morgan fingerprint density at radius 2 is 2.00 bits per heavy atom. The molecule has 3 aromatic rings. The van der Waals surface area contributed by atoms with Crippen LogP contribution in [0.25, 0.3) is 11.2 Å². The largest absolute Gasteiger partial charge is 0.357 e. The molecule has 0 aliphatic carbocycles. The molecule has 0 fully saturated rings. The fourth-order valence-electron chi connectivity index (χ4n) is 2.14. The number of fused-ring (bicyclic) bond motifs is 1. The monoisotopic (exact) mass is 346 g/mol. The van der Waals surface area contributed by atoms with E-state index in [9.17, 15) is 0 Å². The van der Waals surface area contributed by atoms with Gasteiger partial charge in [-0.2, -0.15) is 9.97 Å². The van der Waals surface area contributed by atoms with Crippen LogP contribution in [0, 0.1) is 0 Å². The predicted octanol–water partition coefficient (Wildman–Crippen LogP) is 2.79. The highest BCUT2D eigenvalue weighted by molar-refractivity contribution is 9.10. The number of benzene rings is 1. The molecule has 0 unspecified atom stereocenters. The van der Waals surface area contributed by atoms with Crippen molar-refractivity contribution in [2.45, 2.75) is 6.54 Å². The van der Waals surface area contributed by atoms with E-state index < -0.39 is 0 Å². The topological polar surface area (TPSA) is 69.7 Å². The Balaban J connectivity index is 1.94. The molecule has 2 heterocycles. The fourth-order valence-corrected chi connectivity index (χ4v) is 2.41. The zero-order chi connectivity index (χ0) is 14.8. The second-order valence-corrected chi connectivity index (χ2v) is 5.62. The minimum Gasteiger partial charge on any atom is -0.357 e. The summed E-state index contributed by atoms with van der Waals surface area (Å²) in [5.74, 6) is 1.39. The Morgan fingerprint density at radius 3 is 2.71 bits per heavy atom. The first-order valence-corrected chi connectivity index (χ1v) is 7.31. The Hall–Kier alpha value is -2.15. The summed E-state index contributed by atoms with van der Waals surface area (Å²) in [7, 11) is 3.80. The van der Waals surface area contributed by atoms with E-state index in [1.165, 1.54) is 5.56 Å². The lowest BCUT2D eigenvalue weighted by atomic mass is 10.2. The van der Waals surface area contributed by atoms with Gasteiger partial charge < -0.3 is 15.2 Å². The van der Waals surface area contributed by atoms with Gasteiger partial charge in [0, 0.05) is 25.1 Å². The second-order valence-electron chi connectivity index (χ2n) is 4.70. The van der Waals surface area contributed by atoms with Gasteiger partial charge in [-0.05, 0) is 17.7 Å². The summed E-state index contributed by atoms with van der Waals surface area (Å²) in [6.07, 6.45) is 1.63. The molecule has 0 saturated heterocycles. The number of imidazole rings is 1. The molecule has 6 nitrogen and oxygen atoms in total. The lowest BCUT2D eigenvalue weighted by molar-refractivity contribution is 0.899. The third-order valence-electron chi connectivity index (χ3n) is 3.18. The molecule has 0 radical (unpaired) electrons. The van der Waals surface area contributed by atoms with E-state index in [0.717, 1.165) is 22.4 Å². The molecular formula is C14H15BrN6. The van der Waals surface area contributed by atoms with E-state index in [-0.39, 0.29) is 0 Å². The van der Waals surface area contributed by atoms with E-state index in [2.05, 4.69) is 58.2 Å².